The van der Waals surface area contributed by atoms with Crippen LogP contribution in [-0.4, -0.2) is 78.5 Å². The van der Waals surface area contributed by atoms with Gasteiger partial charge in [0.15, 0.2) is 0 Å². The van der Waals surface area contributed by atoms with Gasteiger partial charge in [-0.3, -0.25) is 0 Å². The van der Waals surface area contributed by atoms with Gasteiger partial charge in [-0.05, 0) is 0 Å². The van der Waals surface area contributed by atoms with E-state index in [0.717, 1.165) is 0 Å². The maximum atomic E-state index is 0. The molecule has 0 aliphatic rings. The van der Waals surface area contributed by atoms with Gasteiger partial charge in [0.1, 0.15) is 0 Å². The fourth-order valence-corrected chi connectivity index (χ4v) is 0. The van der Waals surface area contributed by atoms with Crippen molar-refractivity contribution in [2.45, 2.75) is 0 Å². The molecule has 0 aromatic rings. The molecule has 0 bridgehead atoms. The van der Waals surface area contributed by atoms with Crippen LogP contribution in [0.4, 0.5) is 0 Å². The van der Waals surface area contributed by atoms with E-state index < -0.39 is 0 Å². The third-order valence-electron chi connectivity index (χ3n) is 0. The Kier molecular flexibility index (Phi) is 13400. The van der Waals surface area contributed by atoms with Crippen LogP contribution in [-0.2, 0) is 0 Å². The standard InChI is InChI=1S/Ga.In.6H2O/h;;6*1H2/q2*+3;;;;;;/p-6. The number of hydrogen-bond donors (Lipinski definition) is 0. The monoisotopic (exact) mass is 286 g/mol. The average molecular weight is 287 g/mol. The number of hydrogen-bond acceptors (Lipinski definition) is 6. The van der Waals surface area contributed by atoms with Gasteiger partial charge in [0.2, 0.25) is 0 Å². The molecule has 0 aliphatic heterocycles. The quantitative estimate of drug-likeness (QED) is 0.472. The molecule has 0 saturated heterocycles. The van der Waals surface area contributed by atoms with E-state index in [4.69, 9.17) is 0 Å². The average Bonchev–Trinajstić information content (AvgIpc) is 0. The molecule has 6 nitrogen and oxygen atoms in total. The summed E-state index contributed by atoms with van der Waals surface area (Å²) < 4.78 is 0. The second kappa shape index (κ2) is 272. The summed E-state index contributed by atoms with van der Waals surface area (Å²) in [6.45, 7) is 0. The van der Waals surface area contributed by atoms with Crippen LogP contribution in [0.1, 0.15) is 0 Å². The molecule has 0 fully saturated rings. The fraction of sp³-hybridized carbons (Fsp3) is 0. The number of rotatable bonds is 0. The molecule has 0 atom stereocenters. The first-order valence-electron chi connectivity index (χ1n) is 0. The Morgan fingerprint density at radius 1 is 0.375 bits per heavy atom. The van der Waals surface area contributed by atoms with E-state index in [2.05, 4.69) is 0 Å². The summed E-state index contributed by atoms with van der Waals surface area (Å²) in [6, 6.07) is 0. The zero-order chi connectivity index (χ0) is 0. The van der Waals surface area contributed by atoms with Gasteiger partial charge in [0.05, 0.1) is 0 Å². The van der Waals surface area contributed by atoms with Gasteiger partial charge >= 0.3 is 45.6 Å². The van der Waals surface area contributed by atoms with Crippen molar-refractivity contribution in [2.75, 3.05) is 0 Å². The third-order valence-corrected chi connectivity index (χ3v) is 0. The Morgan fingerprint density at radius 2 is 0.375 bits per heavy atom. The van der Waals surface area contributed by atoms with Crippen molar-refractivity contribution < 1.29 is 32.9 Å². The zero-order valence-corrected chi connectivity index (χ0v) is 9.56. The maximum Gasteiger partial charge on any atom is 3.00 e. The van der Waals surface area contributed by atoms with Crippen LogP contribution in [0.25, 0.3) is 0 Å². The third kappa shape index (κ3) is 178. The van der Waals surface area contributed by atoms with E-state index >= 15 is 0 Å². The van der Waals surface area contributed by atoms with Crippen LogP contribution in [0.5, 0.6) is 0 Å². The Labute approximate surface area is 78.3 Å². The molecule has 0 unspecified atom stereocenters. The molecule has 0 radical (unpaired) electrons. The predicted octanol–water partition coefficient (Wildman–Crippen LogP) is -1.82. The van der Waals surface area contributed by atoms with Gasteiger partial charge in [-0.2, -0.15) is 0 Å². The smallest absolute Gasteiger partial charge is 0.870 e. The minimum atomic E-state index is 0. The molecule has 0 aromatic heterocycles. The molecule has 0 heterocycles. The van der Waals surface area contributed by atoms with E-state index in [9.17, 15) is 0 Å². The molecule has 0 rings (SSSR count). The van der Waals surface area contributed by atoms with Crippen LogP contribution in [0.3, 0.4) is 0 Å². The Hall–Kier alpha value is 1.27. The summed E-state index contributed by atoms with van der Waals surface area (Å²) in [4.78, 5) is 0. The van der Waals surface area contributed by atoms with E-state index in [1.807, 2.05) is 0 Å². The van der Waals surface area contributed by atoms with Gasteiger partial charge in [-0.15, -0.1) is 0 Å². The van der Waals surface area contributed by atoms with E-state index in [1.165, 1.54) is 0 Å². The second-order valence-corrected chi connectivity index (χ2v) is 0. The molecule has 0 spiro atoms. The van der Waals surface area contributed by atoms with Gasteiger partial charge in [0, 0.05) is 0 Å². The van der Waals surface area contributed by atoms with E-state index in [1.54, 1.807) is 0 Å². The summed E-state index contributed by atoms with van der Waals surface area (Å²) in [7, 11) is 0. The molecule has 6 N–H and O–H groups in total. The normalized spacial score (nSPS) is 0. The molecule has 0 amide bonds. The Bertz CT molecular complexity index is 8.49. The molecule has 48 valence electrons. The summed E-state index contributed by atoms with van der Waals surface area (Å²) in [5.74, 6) is 0. The fourth-order valence-electron chi connectivity index (χ4n) is 0. The summed E-state index contributed by atoms with van der Waals surface area (Å²) in [5, 5.41) is 0. The molecular formula is H6GaInO6. The molecule has 0 aromatic carbocycles. The minimum absolute atomic E-state index is 0. The first-order chi connectivity index (χ1) is 0. The maximum absolute atomic E-state index is 0. The Balaban J connectivity index is 0. The van der Waals surface area contributed by atoms with Crippen molar-refractivity contribution in [3.63, 3.8) is 0 Å². The SMILES string of the molecule is [Ga+3].[In+3].[OH-].[OH-].[OH-].[OH-].[OH-].[OH-]. The van der Waals surface area contributed by atoms with Crippen LogP contribution >= 0.6 is 0 Å². The van der Waals surface area contributed by atoms with Crippen LogP contribution in [0, 0.1) is 0 Å². The molecule has 8 heavy (non-hydrogen) atoms. The minimum Gasteiger partial charge on any atom is -0.870 e. The van der Waals surface area contributed by atoms with Crippen molar-refractivity contribution in [3.8, 4) is 0 Å². The molecule has 0 aliphatic carbocycles. The van der Waals surface area contributed by atoms with Gasteiger partial charge in [-0.25, -0.2) is 0 Å². The van der Waals surface area contributed by atoms with E-state index in [0.29, 0.717) is 0 Å². The van der Waals surface area contributed by atoms with E-state index in [-0.39, 0.29) is 78.5 Å². The second-order valence-electron chi connectivity index (χ2n) is 0. The van der Waals surface area contributed by atoms with Crippen molar-refractivity contribution in [3.05, 3.63) is 0 Å². The first-order valence-corrected chi connectivity index (χ1v) is 0. The van der Waals surface area contributed by atoms with Crippen molar-refractivity contribution in [1.82, 2.24) is 0 Å². The van der Waals surface area contributed by atoms with Crippen LogP contribution < -0.4 is 0 Å². The van der Waals surface area contributed by atoms with Gasteiger partial charge in [-0.1, -0.05) is 0 Å². The summed E-state index contributed by atoms with van der Waals surface area (Å²) in [6.07, 6.45) is 0. The molecular weight excluding hydrogens is 281 g/mol. The largest absolute Gasteiger partial charge is 3.00 e. The van der Waals surface area contributed by atoms with Gasteiger partial charge < -0.3 is 32.9 Å². The predicted molar refractivity (Wildman–Crippen MR) is 23.1 cm³/mol. The van der Waals surface area contributed by atoms with Crippen molar-refractivity contribution >= 4 is 45.6 Å². The topological polar surface area (TPSA) is 180 Å². The van der Waals surface area contributed by atoms with Crippen molar-refractivity contribution in [2.24, 2.45) is 0 Å². The summed E-state index contributed by atoms with van der Waals surface area (Å²) >= 11 is 0. The molecule has 0 saturated carbocycles. The molecule has 8 heteroatoms. The Morgan fingerprint density at radius 3 is 0.375 bits per heavy atom. The van der Waals surface area contributed by atoms with Crippen LogP contribution in [0.15, 0.2) is 0 Å². The summed E-state index contributed by atoms with van der Waals surface area (Å²) in [5.41, 5.74) is 0. The first kappa shape index (κ1) is 395. The van der Waals surface area contributed by atoms with Crippen molar-refractivity contribution in [1.29, 1.82) is 0 Å². The zero-order valence-electron chi connectivity index (χ0n) is 3.84. The van der Waals surface area contributed by atoms with Gasteiger partial charge in [0.25, 0.3) is 0 Å². The van der Waals surface area contributed by atoms with Crippen LogP contribution in [0.2, 0.25) is 0 Å².